The molecule has 0 aliphatic carbocycles. The van der Waals surface area contributed by atoms with E-state index < -0.39 is 10.9 Å². The number of piperidine rings is 12. The van der Waals surface area contributed by atoms with Gasteiger partial charge in [0, 0.05) is 82.1 Å². The van der Waals surface area contributed by atoms with Crippen LogP contribution < -0.4 is 40.2 Å². The minimum absolute atomic E-state index is 0. The molecule has 722 valence electrons. The minimum atomic E-state index is -0.738. The molecule has 17 aliphatic rings. The van der Waals surface area contributed by atoms with Crippen LogP contribution in [0.4, 0.5) is 24.0 Å². The Bertz CT molecular complexity index is 5180. The van der Waals surface area contributed by atoms with Gasteiger partial charge in [-0.1, -0.05) is 280 Å². The first-order valence-electron chi connectivity index (χ1n) is 48.9. The summed E-state index contributed by atoms with van der Waals surface area (Å²) in [4.78, 5) is 74.1. The van der Waals surface area contributed by atoms with Crippen LogP contribution in [0.1, 0.15) is 188 Å². The van der Waals surface area contributed by atoms with Gasteiger partial charge in [-0.05, 0) is 257 Å². The molecular formula is C113H137Cl3N9NaO11. The maximum absolute atomic E-state index is 13.2. The quantitative estimate of drug-likeness (QED) is 0.0663. The molecule has 17 aliphatic heterocycles. The Morgan fingerprint density at radius 1 is 0.321 bits per heavy atom. The van der Waals surface area contributed by atoms with Crippen molar-refractivity contribution in [1.29, 1.82) is 0 Å². The average Bonchev–Trinajstić information content (AvgIpc) is 0.781. The summed E-state index contributed by atoms with van der Waals surface area (Å²) < 4.78 is 26.6. The van der Waals surface area contributed by atoms with Gasteiger partial charge in [0.1, 0.15) is 18.3 Å². The summed E-state index contributed by atoms with van der Waals surface area (Å²) >= 11 is 9.89. The van der Waals surface area contributed by atoms with Gasteiger partial charge in [0.25, 0.3) is 0 Å². The van der Waals surface area contributed by atoms with E-state index in [1.165, 1.54) is 92.7 Å². The van der Waals surface area contributed by atoms with Crippen molar-refractivity contribution in [2.45, 2.75) is 159 Å². The van der Waals surface area contributed by atoms with E-state index in [-0.39, 0.29) is 112 Å². The summed E-state index contributed by atoms with van der Waals surface area (Å²) in [6.07, 6.45) is 13.9. The van der Waals surface area contributed by atoms with E-state index in [0.717, 1.165) is 166 Å². The Balaban J connectivity index is 0.000000145. The van der Waals surface area contributed by atoms with Crippen LogP contribution >= 0.6 is 35.6 Å². The second-order valence-corrected chi connectivity index (χ2v) is 37.7. The van der Waals surface area contributed by atoms with Crippen molar-refractivity contribution < 1.29 is 83.7 Å². The first-order chi connectivity index (χ1) is 65.7. The predicted molar refractivity (Wildman–Crippen MR) is 543 cm³/mol. The molecule has 10 aromatic carbocycles. The number of carbonyl (C=O) groups is 5. The summed E-state index contributed by atoms with van der Waals surface area (Å²) in [7, 11) is 0. The molecule has 27 rings (SSSR count). The van der Waals surface area contributed by atoms with Gasteiger partial charge in [-0.15, -0.1) is 12.4 Å². The molecule has 20 nitrogen and oxygen atoms in total. The van der Waals surface area contributed by atoms with Crippen LogP contribution in [-0.2, 0) is 55.8 Å². The number of benzene rings is 10. The van der Waals surface area contributed by atoms with Crippen LogP contribution in [-0.4, -0.2) is 217 Å². The molecule has 0 saturated carbocycles. The number of amides is 3. The Kier molecular flexibility index (Phi) is 40.3. The number of hydrogen-bond donors (Lipinski definition) is 3. The van der Waals surface area contributed by atoms with Gasteiger partial charge >= 0.3 is 58.7 Å². The predicted octanol–water partition coefficient (Wildman–Crippen LogP) is 18.4. The van der Waals surface area contributed by atoms with Crippen LogP contribution in [0, 0.1) is 23.7 Å². The van der Waals surface area contributed by atoms with Crippen LogP contribution in [0.25, 0.3) is 0 Å². The van der Waals surface area contributed by atoms with Crippen molar-refractivity contribution in [1.82, 2.24) is 44.9 Å². The molecular weight excluding hydrogens is 1790 g/mol. The average molecular weight is 1930 g/mol. The molecule has 12 saturated heterocycles. The van der Waals surface area contributed by atoms with Crippen LogP contribution in [0.5, 0.6) is 0 Å². The zero-order valence-electron chi connectivity index (χ0n) is 79.9. The number of halogens is 3. The Morgan fingerprint density at radius 2 is 0.584 bits per heavy atom. The van der Waals surface area contributed by atoms with E-state index >= 15 is 0 Å². The van der Waals surface area contributed by atoms with Gasteiger partial charge in [-0.25, -0.2) is 24.0 Å². The number of aliphatic hydroxyl groups excluding tert-OH is 1. The van der Waals surface area contributed by atoms with Crippen LogP contribution in [0.2, 0.25) is 0 Å². The molecule has 3 amide bonds. The first kappa shape index (κ1) is 105. The van der Waals surface area contributed by atoms with Gasteiger partial charge in [-0.2, -0.15) is 0 Å². The van der Waals surface area contributed by atoms with Gasteiger partial charge in [0.15, 0.2) is 0 Å². The van der Waals surface area contributed by atoms with E-state index in [1.807, 2.05) is 82.3 Å². The number of nitrogens with zero attached hydrogens (tertiary/aromatic N) is 7. The van der Waals surface area contributed by atoms with Crippen molar-refractivity contribution in [2.24, 2.45) is 23.7 Å². The number of rotatable bonds is 10. The van der Waals surface area contributed by atoms with Gasteiger partial charge in [0.2, 0.25) is 0 Å². The Morgan fingerprint density at radius 3 is 0.839 bits per heavy atom. The summed E-state index contributed by atoms with van der Waals surface area (Å²) in [6, 6.07) is 95.5. The second kappa shape index (κ2) is 52.7. The zero-order valence-corrected chi connectivity index (χ0v) is 83.3. The van der Waals surface area contributed by atoms with Crippen molar-refractivity contribution in [3.63, 3.8) is 0 Å². The van der Waals surface area contributed by atoms with Crippen molar-refractivity contribution in [3.05, 3.63) is 356 Å². The standard InChI is InChI=1S/2C23H26N2O2.C18H19NO2.2C15H15N.C8H12ClNO2.C7H13NO.C3H5ClO2.CH4.ClH.Na.H/c2*26-23(27-21-16-24-13-10-18(21)11-14-24)25-15-12-17-6-4-5-9-20(17)22(25)19-7-2-1-3-8-19;1-2-21-18(20)19-13-12-14-8-6-7-11-16(14)17(19)15-9-4-3-5-10-15;2*1-2-7-13(8-3-1)15-14-9-5-4-6-12(14)10-11-16-15;9-8(11)12-7-5-10-3-1-6(7)2-4-10;9-7-5-8-3-1-6(7)2-4-8;1-2-6-3(4)5;;;;/h2*1-9,18,21-22H,10-16H2;3-11,17H,2,12-13H2,1H3;2*1-9,15-16H,10-11H2;6-7H,1-5H2;6-7,9H,1-5H2;2H2,1H3;1H4;1H;;/q;;;;;;;;;;+1;-1. The molecule has 12 fully saturated rings. The van der Waals surface area contributed by atoms with Crippen molar-refractivity contribution >= 4 is 64.7 Å². The molecule has 3 N–H and O–H groups in total. The smallest absolute Gasteiger partial charge is 1.00 e. The summed E-state index contributed by atoms with van der Waals surface area (Å²) in [5.74, 6) is 2.25. The van der Waals surface area contributed by atoms with Gasteiger partial charge in [-0.3, -0.25) is 29.4 Å². The summed E-state index contributed by atoms with van der Waals surface area (Å²) in [5, 5.41) is 16.5. The number of hydrogen-bond acceptors (Lipinski definition) is 17. The number of ether oxygens (including phenoxy) is 5. The third-order valence-corrected chi connectivity index (χ3v) is 29.3. The maximum Gasteiger partial charge on any atom is 1.00 e. The van der Waals surface area contributed by atoms with E-state index in [9.17, 15) is 29.1 Å². The summed E-state index contributed by atoms with van der Waals surface area (Å²) in [5.41, 5.74) is 18.2. The van der Waals surface area contributed by atoms with E-state index in [1.54, 1.807) is 6.92 Å². The normalized spacial score (nSPS) is 25.7. The topological polar surface area (TPSA) is 198 Å². The monoisotopic (exact) mass is 1920 g/mol. The SMILES string of the molecule is C.CCOC(=O)Cl.CCOC(=O)N1CCc2ccccc2C1c1ccccc1.Cl.O=C(Cl)OC1CN2CCC1CC2.O=C(OC1CN2CCC1CC2)N1CCc2ccccc2C1c1ccccc1.O=C(OC1CN2CCC1CC2)N1CCc2ccccc2C1c1ccccc1.OC1CN2CCC1CC2.[H-].[Na+].c1ccc(C2NCCc3ccccc32)cc1.c1ccc(C2NCCc3ccccc32)cc1. The largest absolute Gasteiger partial charge is 1.00 e. The number of aliphatic hydroxyl groups is 1. The minimum Gasteiger partial charge on any atom is -1.00 e. The third-order valence-electron chi connectivity index (χ3n) is 29.1. The molecule has 9 atom stereocenters. The number of carbonyl (C=O) groups excluding carboxylic acids is 5. The number of fused-ring (bicyclic) bond motifs is 17. The first-order valence-corrected chi connectivity index (χ1v) is 49.7. The fourth-order valence-corrected chi connectivity index (χ4v) is 22.3. The Labute approximate surface area is 851 Å². The molecule has 0 radical (unpaired) electrons. The summed E-state index contributed by atoms with van der Waals surface area (Å²) in [6.45, 7) is 21.5. The molecule has 0 aromatic heterocycles. The fraction of sp³-hybridized carbons (Fsp3) is 0.425. The molecule has 24 heteroatoms. The van der Waals surface area contributed by atoms with Gasteiger partial charge < -0.3 is 45.8 Å². The van der Waals surface area contributed by atoms with E-state index in [4.69, 9.17) is 42.1 Å². The molecule has 0 spiro atoms. The van der Waals surface area contributed by atoms with Gasteiger partial charge in [0.05, 0.1) is 49.5 Å². The third kappa shape index (κ3) is 27.6. The van der Waals surface area contributed by atoms with Crippen LogP contribution in [0.3, 0.4) is 0 Å². The number of nitrogens with one attached hydrogen (secondary N) is 2. The molecule has 9 unspecified atom stereocenters. The second-order valence-electron chi connectivity index (χ2n) is 37.1. The van der Waals surface area contributed by atoms with E-state index in [0.29, 0.717) is 68.6 Å². The van der Waals surface area contributed by atoms with Crippen molar-refractivity contribution in [3.8, 4) is 0 Å². The van der Waals surface area contributed by atoms with E-state index in [2.05, 4.69) is 247 Å². The zero-order chi connectivity index (χ0) is 92.5. The fourth-order valence-electron chi connectivity index (χ4n) is 22.1. The maximum atomic E-state index is 13.2. The van der Waals surface area contributed by atoms with Crippen LogP contribution in [0.15, 0.2) is 273 Å². The molecule has 17 heterocycles. The molecule has 137 heavy (non-hydrogen) atoms. The molecule has 8 bridgehead atoms. The molecule has 10 aromatic rings. The Hall–Kier alpha value is -9.46. The van der Waals surface area contributed by atoms with Crippen molar-refractivity contribution in [2.75, 3.05) is 124 Å².